The number of ether oxygens (including phenoxy) is 2. The summed E-state index contributed by atoms with van der Waals surface area (Å²) in [5.41, 5.74) is 5.96. The van der Waals surface area contributed by atoms with Crippen LogP contribution >= 0.6 is 0 Å². The topological polar surface area (TPSA) is 35.5 Å². The van der Waals surface area contributed by atoms with Gasteiger partial charge in [0.2, 0.25) is 0 Å². The molecule has 2 aromatic rings. The van der Waals surface area contributed by atoms with Crippen molar-refractivity contribution in [3.63, 3.8) is 0 Å². The van der Waals surface area contributed by atoms with E-state index in [-0.39, 0.29) is 5.97 Å². The number of carbonyl (C=O) groups excluding carboxylic acids is 1. The highest BCUT2D eigenvalue weighted by Gasteiger charge is 2.27. The van der Waals surface area contributed by atoms with Crippen molar-refractivity contribution in [3.8, 4) is 5.75 Å². The third kappa shape index (κ3) is 4.22. The predicted molar refractivity (Wildman–Crippen MR) is 99.0 cm³/mol. The second-order valence-corrected chi connectivity index (χ2v) is 6.77. The molecule has 1 saturated carbocycles. The smallest absolute Gasteiger partial charge is 0.309 e. The quantitative estimate of drug-likeness (QED) is 0.685. The molecule has 1 aliphatic rings. The number of rotatable bonds is 7. The minimum Gasteiger partial charge on any atom is -0.489 e. The molecule has 0 unspecified atom stereocenters. The number of hydrogen-bond donors (Lipinski definition) is 0. The standard InChI is InChI=1S/C22H26O3/c1-4-16-12-15(2)8-11-21(16)25-14-20-18(13-22(23)24-3)6-5-7-19(20)17-9-10-17/h5-8,11-12,17H,4,9-10,13-14H2,1-3H3. The summed E-state index contributed by atoms with van der Waals surface area (Å²) in [7, 11) is 1.43. The van der Waals surface area contributed by atoms with Crippen molar-refractivity contribution in [1.82, 2.24) is 0 Å². The first-order valence-corrected chi connectivity index (χ1v) is 9.02. The van der Waals surface area contributed by atoms with Crippen molar-refractivity contribution < 1.29 is 14.3 Å². The van der Waals surface area contributed by atoms with Gasteiger partial charge in [-0.25, -0.2) is 0 Å². The summed E-state index contributed by atoms with van der Waals surface area (Å²) in [4.78, 5) is 11.8. The van der Waals surface area contributed by atoms with Crippen LogP contribution in [-0.4, -0.2) is 13.1 Å². The first kappa shape index (κ1) is 17.5. The van der Waals surface area contributed by atoms with Crippen LogP contribution in [0, 0.1) is 6.92 Å². The zero-order valence-electron chi connectivity index (χ0n) is 15.3. The Labute approximate surface area is 150 Å². The van der Waals surface area contributed by atoms with E-state index in [2.05, 4.69) is 32.0 Å². The molecule has 0 amide bonds. The fourth-order valence-corrected chi connectivity index (χ4v) is 3.28. The van der Waals surface area contributed by atoms with Crippen LogP contribution < -0.4 is 4.74 Å². The molecule has 0 saturated heterocycles. The van der Waals surface area contributed by atoms with Gasteiger partial charge in [-0.15, -0.1) is 0 Å². The van der Waals surface area contributed by atoms with Crippen LogP contribution in [0.25, 0.3) is 0 Å². The molecule has 2 aromatic carbocycles. The summed E-state index contributed by atoms with van der Waals surface area (Å²) in [5, 5.41) is 0. The SMILES string of the molecule is CCc1cc(C)ccc1OCc1c(CC(=O)OC)cccc1C1CC1. The Bertz CT molecular complexity index is 760. The molecule has 1 aliphatic carbocycles. The molecule has 0 N–H and O–H groups in total. The minimum absolute atomic E-state index is 0.209. The van der Waals surface area contributed by atoms with Crippen LogP contribution in [0.5, 0.6) is 5.75 Å². The summed E-state index contributed by atoms with van der Waals surface area (Å²) >= 11 is 0. The van der Waals surface area contributed by atoms with Gasteiger partial charge in [-0.1, -0.05) is 42.8 Å². The lowest BCUT2D eigenvalue weighted by Gasteiger charge is -2.17. The Morgan fingerprint density at radius 3 is 2.64 bits per heavy atom. The molecule has 3 heteroatoms. The molecule has 0 aromatic heterocycles. The average molecular weight is 338 g/mol. The summed E-state index contributed by atoms with van der Waals surface area (Å²) in [6.45, 7) is 4.73. The van der Waals surface area contributed by atoms with E-state index in [1.807, 2.05) is 18.2 Å². The first-order valence-electron chi connectivity index (χ1n) is 9.02. The lowest BCUT2D eigenvalue weighted by atomic mass is 9.96. The molecule has 0 spiro atoms. The number of esters is 1. The van der Waals surface area contributed by atoms with Crippen molar-refractivity contribution in [1.29, 1.82) is 0 Å². The van der Waals surface area contributed by atoms with Gasteiger partial charge >= 0.3 is 5.97 Å². The second kappa shape index (κ2) is 7.73. The van der Waals surface area contributed by atoms with Gasteiger partial charge in [0, 0.05) is 0 Å². The van der Waals surface area contributed by atoms with E-state index >= 15 is 0 Å². The molecule has 0 aliphatic heterocycles. The Morgan fingerprint density at radius 1 is 1.16 bits per heavy atom. The monoisotopic (exact) mass is 338 g/mol. The lowest BCUT2D eigenvalue weighted by molar-refractivity contribution is -0.139. The number of hydrogen-bond acceptors (Lipinski definition) is 3. The van der Waals surface area contributed by atoms with Crippen molar-refractivity contribution in [3.05, 3.63) is 64.2 Å². The highest BCUT2D eigenvalue weighted by molar-refractivity contribution is 5.73. The van der Waals surface area contributed by atoms with Gasteiger partial charge in [0.25, 0.3) is 0 Å². The van der Waals surface area contributed by atoms with Gasteiger partial charge < -0.3 is 9.47 Å². The molecule has 0 bridgehead atoms. The van der Waals surface area contributed by atoms with E-state index in [1.165, 1.54) is 36.6 Å². The molecular weight excluding hydrogens is 312 g/mol. The van der Waals surface area contributed by atoms with Crippen LogP contribution in [0.1, 0.15) is 53.5 Å². The molecule has 0 heterocycles. The second-order valence-electron chi connectivity index (χ2n) is 6.77. The van der Waals surface area contributed by atoms with Crippen LogP contribution in [0.2, 0.25) is 0 Å². The molecular formula is C22H26O3. The van der Waals surface area contributed by atoms with Gasteiger partial charge in [0.1, 0.15) is 12.4 Å². The lowest BCUT2D eigenvalue weighted by Crippen LogP contribution is -2.10. The molecule has 1 fully saturated rings. The molecule has 3 rings (SSSR count). The van der Waals surface area contributed by atoms with E-state index in [1.54, 1.807) is 0 Å². The number of methoxy groups -OCH3 is 1. The van der Waals surface area contributed by atoms with Gasteiger partial charge in [-0.05, 0) is 60.4 Å². The Balaban J connectivity index is 1.86. The van der Waals surface area contributed by atoms with E-state index < -0.39 is 0 Å². The van der Waals surface area contributed by atoms with Gasteiger partial charge in [0.05, 0.1) is 13.5 Å². The fraction of sp³-hybridized carbons (Fsp3) is 0.409. The third-order valence-corrected chi connectivity index (χ3v) is 4.86. The van der Waals surface area contributed by atoms with Gasteiger partial charge in [0.15, 0.2) is 0 Å². The first-order chi connectivity index (χ1) is 12.1. The largest absolute Gasteiger partial charge is 0.489 e. The normalized spacial score (nSPS) is 13.6. The Morgan fingerprint density at radius 2 is 1.96 bits per heavy atom. The van der Waals surface area contributed by atoms with E-state index in [4.69, 9.17) is 9.47 Å². The summed E-state index contributed by atoms with van der Waals surface area (Å²) in [6.07, 6.45) is 3.68. The molecule has 132 valence electrons. The maximum atomic E-state index is 11.8. The fourth-order valence-electron chi connectivity index (χ4n) is 3.28. The van der Waals surface area contributed by atoms with Crippen LogP contribution in [-0.2, 0) is 29.0 Å². The van der Waals surface area contributed by atoms with Crippen molar-refractivity contribution in [2.24, 2.45) is 0 Å². The Hall–Kier alpha value is -2.29. The van der Waals surface area contributed by atoms with E-state index in [0.717, 1.165) is 23.3 Å². The van der Waals surface area contributed by atoms with Crippen molar-refractivity contribution in [2.45, 2.75) is 52.1 Å². The maximum absolute atomic E-state index is 11.8. The Kier molecular flexibility index (Phi) is 5.42. The highest BCUT2D eigenvalue weighted by Crippen LogP contribution is 2.42. The van der Waals surface area contributed by atoms with E-state index in [0.29, 0.717) is 18.9 Å². The molecule has 3 nitrogen and oxygen atoms in total. The average Bonchev–Trinajstić information content (AvgIpc) is 3.46. The summed E-state index contributed by atoms with van der Waals surface area (Å²) < 4.78 is 11.0. The van der Waals surface area contributed by atoms with E-state index in [9.17, 15) is 4.79 Å². The highest BCUT2D eigenvalue weighted by atomic mass is 16.5. The van der Waals surface area contributed by atoms with Crippen molar-refractivity contribution in [2.75, 3.05) is 7.11 Å². The van der Waals surface area contributed by atoms with Crippen molar-refractivity contribution >= 4 is 5.97 Å². The molecule has 0 radical (unpaired) electrons. The molecule has 25 heavy (non-hydrogen) atoms. The van der Waals surface area contributed by atoms with Gasteiger partial charge in [-0.2, -0.15) is 0 Å². The number of carbonyl (C=O) groups is 1. The summed E-state index contributed by atoms with van der Waals surface area (Å²) in [5.74, 6) is 1.33. The maximum Gasteiger partial charge on any atom is 0.309 e. The minimum atomic E-state index is -0.209. The predicted octanol–water partition coefficient (Wildman–Crippen LogP) is 4.73. The zero-order valence-corrected chi connectivity index (χ0v) is 15.3. The van der Waals surface area contributed by atoms with Crippen LogP contribution in [0.4, 0.5) is 0 Å². The number of aryl methyl sites for hydroxylation is 2. The third-order valence-electron chi connectivity index (χ3n) is 4.86. The van der Waals surface area contributed by atoms with Gasteiger partial charge in [-0.3, -0.25) is 4.79 Å². The summed E-state index contributed by atoms with van der Waals surface area (Å²) in [6, 6.07) is 12.5. The van der Waals surface area contributed by atoms with Crippen LogP contribution in [0.3, 0.4) is 0 Å². The zero-order chi connectivity index (χ0) is 17.8. The molecule has 0 atom stereocenters. The number of benzene rings is 2. The van der Waals surface area contributed by atoms with Crippen LogP contribution in [0.15, 0.2) is 36.4 Å².